The van der Waals surface area contributed by atoms with E-state index in [9.17, 15) is 14.7 Å². The van der Waals surface area contributed by atoms with Gasteiger partial charge in [-0.3, -0.25) is 0 Å². The zero-order valence-electron chi connectivity index (χ0n) is 7.58. The van der Waals surface area contributed by atoms with Gasteiger partial charge in [0.2, 0.25) is 0 Å². The molecule has 4 nitrogen and oxygen atoms in total. The maximum Gasteiger partial charge on any atom is 1.00 e. The maximum absolute atomic E-state index is 10.6. The van der Waals surface area contributed by atoms with Crippen LogP contribution in [0.5, 0.6) is 0 Å². The Kier molecular flexibility index (Phi) is 5.62. The summed E-state index contributed by atoms with van der Waals surface area (Å²) in [6.07, 6.45) is 0. The van der Waals surface area contributed by atoms with Crippen LogP contribution in [0.3, 0.4) is 0 Å². The van der Waals surface area contributed by atoms with Crippen molar-refractivity contribution in [1.29, 1.82) is 0 Å². The zero-order chi connectivity index (χ0) is 10.9. The van der Waals surface area contributed by atoms with E-state index in [1.54, 1.807) is 0 Å². The first-order valence-electron chi connectivity index (χ1n) is 3.37. The molecule has 1 N–H and O–H groups in total. The maximum atomic E-state index is 10.6. The SMILES string of the molecule is O=C([O-])c1cc(Cl)c(Cl)cc1C(=O)O.[Na+]. The number of carboxylic acids is 2. The molecule has 0 fully saturated rings. The van der Waals surface area contributed by atoms with Crippen LogP contribution >= 0.6 is 23.2 Å². The summed E-state index contributed by atoms with van der Waals surface area (Å²) in [6.45, 7) is 0. The summed E-state index contributed by atoms with van der Waals surface area (Å²) in [6, 6.07) is 1.92. The third-order valence-corrected chi connectivity index (χ3v) is 2.23. The van der Waals surface area contributed by atoms with Crippen LogP contribution in [0.15, 0.2) is 12.1 Å². The number of rotatable bonds is 2. The summed E-state index contributed by atoms with van der Waals surface area (Å²) in [5.74, 6) is -3.01. The smallest absolute Gasteiger partial charge is 0.545 e. The predicted octanol–water partition coefficient (Wildman–Crippen LogP) is -1.94. The fourth-order valence-electron chi connectivity index (χ4n) is 0.893. The third-order valence-electron chi connectivity index (χ3n) is 1.51. The summed E-state index contributed by atoms with van der Waals surface area (Å²) in [4.78, 5) is 21.1. The fourth-order valence-corrected chi connectivity index (χ4v) is 1.22. The van der Waals surface area contributed by atoms with E-state index in [4.69, 9.17) is 28.3 Å². The molecule has 1 aromatic rings. The standard InChI is InChI=1S/C8H4Cl2O4.Na/c9-5-1-3(7(11)12)4(8(13)14)2-6(5)10;/h1-2H,(H,11,12)(H,13,14);/q;+1/p-1. The molecule has 0 atom stereocenters. The summed E-state index contributed by atoms with van der Waals surface area (Å²) in [7, 11) is 0. The van der Waals surface area contributed by atoms with Gasteiger partial charge in [-0.25, -0.2) is 4.79 Å². The van der Waals surface area contributed by atoms with Crippen LogP contribution in [0.4, 0.5) is 0 Å². The molecular weight excluding hydrogens is 254 g/mol. The number of carboxylic acid groups (broad SMARTS) is 2. The molecule has 0 aromatic heterocycles. The first-order valence-corrected chi connectivity index (χ1v) is 4.12. The van der Waals surface area contributed by atoms with Crippen molar-refractivity contribution in [3.05, 3.63) is 33.3 Å². The molecule has 0 aliphatic carbocycles. The summed E-state index contributed by atoms with van der Waals surface area (Å²) < 4.78 is 0. The van der Waals surface area contributed by atoms with Gasteiger partial charge in [0.1, 0.15) is 0 Å². The summed E-state index contributed by atoms with van der Waals surface area (Å²) in [5, 5.41) is 19.1. The minimum absolute atomic E-state index is 0. The van der Waals surface area contributed by atoms with Crippen LogP contribution in [-0.4, -0.2) is 17.0 Å². The second kappa shape index (κ2) is 5.72. The van der Waals surface area contributed by atoms with E-state index in [-0.39, 0.29) is 39.6 Å². The molecule has 0 saturated carbocycles. The molecular formula is C8H3Cl2NaO4. The molecule has 15 heavy (non-hydrogen) atoms. The van der Waals surface area contributed by atoms with Gasteiger partial charge in [-0.1, -0.05) is 23.2 Å². The van der Waals surface area contributed by atoms with Crippen molar-refractivity contribution in [3.63, 3.8) is 0 Å². The first kappa shape index (κ1) is 14.7. The normalized spacial score (nSPS) is 9.20. The van der Waals surface area contributed by atoms with Gasteiger partial charge in [0.05, 0.1) is 21.6 Å². The number of carbonyl (C=O) groups excluding carboxylic acids is 1. The topological polar surface area (TPSA) is 77.4 Å². The van der Waals surface area contributed by atoms with Crippen LogP contribution in [0, 0.1) is 0 Å². The zero-order valence-corrected chi connectivity index (χ0v) is 11.1. The molecule has 0 saturated heterocycles. The van der Waals surface area contributed by atoms with E-state index >= 15 is 0 Å². The van der Waals surface area contributed by atoms with E-state index in [2.05, 4.69) is 0 Å². The minimum Gasteiger partial charge on any atom is -0.545 e. The van der Waals surface area contributed by atoms with Crippen molar-refractivity contribution < 1.29 is 49.4 Å². The van der Waals surface area contributed by atoms with Gasteiger partial charge in [0, 0.05) is 5.56 Å². The number of carbonyl (C=O) groups is 2. The predicted molar refractivity (Wildman–Crippen MR) is 47.8 cm³/mol. The van der Waals surface area contributed by atoms with Gasteiger partial charge >= 0.3 is 35.5 Å². The molecule has 0 aliphatic rings. The Balaban J connectivity index is 0.00000196. The van der Waals surface area contributed by atoms with Crippen LogP contribution in [0.1, 0.15) is 20.7 Å². The summed E-state index contributed by atoms with van der Waals surface area (Å²) in [5.41, 5.74) is -0.939. The molecule has 0 spiro atoms. The Labute approximate surface area is 117 Å². The first-order chi connectivity index (χ1) is 6.43. The average molecular weight is 257 g/mol. The van der Waals surface area contributed by atoms with E-state index in [0.29, 0.717) is 0 Å². The Hall–Kier alpha value is -0.260. The van der Waals surface area contributed by atoms with Gasteiger partial charge in [-0.2, -0.15) is 0 Å². The Morgan fingerprint density at radius 2 is 1.53 bits per heavy atom. The van der Waals surface area contributed by atoms with E-state index in [0.717, 1.165) is 12.1 Å². The molecule has 0 unspecified atom stereocenters. The molecule has 0 amide bonds. The molecule has 1 aromatic carbocycles. The van der Waals surface area contributed by atoms with Crippen LogP contribution in [0.25, 0.3) is 0 Å². The van der Waals surface area contributed by atoms with Gasteiger partial charge in [-0.15, -0.1) is 0 Å². The van der Waals surface area contributed by atoms with Crippen molar-refractivity contribution in [2.75, 3.05) is 0 Å². The van der Waals surface area contributed by atoms with Crippen molar-refractivity contribution >= 4 is 35.1 Å². The van der Waals surface area contributed by atoms with Crippen LogP contribution in [-0.2, 0) is 0 Å². The molecule has 0 aliphatic heterocycles. The van der Waals surface area contributed by atoms with E-state index < -0.39 is 23.1 Å². The van der Waals surface area contributed by atoms with Crippen LogP contribution in [0.2, 0.25) is 10.0 Å². The van der Waals surface area contributed by atoms with E-state index in [1.165, 1.54) is 0 Å². The number of aromatic carboxylic acids is 2. The molecule has 74 valence electrons. The second-order valence-corrected chi connectivity index (χ2v) is 3.22. The van der Waals surface area contributed by atoms with Gasteiger partial charge < -0.3 is 15.0 Å². The van der Waals surface area contributed by atoms with Crippen molar-refractivity contribution in [3.8, 4) is 0 Å². The van der Waals surface area contributed by atoms with Gasteiger partial charge in [0.15, 0.2) is 0 Å². The summed E-state index contributed by atoms with van der Waals surface area (Å²) >= 11 is 11.0. The number of hydrogen-bond donors (Lipinski definition) is 1. The second-order valence-electron chi connectivity index (χ2n) is 2.40. The number of halogens is 2. The quantitative estimate of drug-likeness (QED) is 0.625. The third kappa shape index (κ3) is 3.36. The molecule has 0 bridgehead atoms. The molecule has 0 heterocycles. The molecule has 7 heteroatoms. The molecule has 1 rings (SSSR count). The van der Waals surface area contributed by atoms with Crippen molar-refractivity contribution in [2.24, 2.45) is 0 Å². The minimum atomic E-state index is -1.61. The number of benzene rings is 1. The molecule has 0 radical (unpaired) electrons. The van der Waals surface area contributed by atoms with Crippen LogP contribution < -0.4 is 34.7 Å². The van der Waals surface area contributed by atoms with Crippen molar-refractivity contribution in [1.82, 2.24) is 0 Å². The average Bonchev–Trinajstić information content (AvgIpc) is 2.08. The number of hydrogen-bond acceptors (Lipinski definition) is 3. The Morgan fingerprint density at radius 1 is 1.13 bits per heavy atom. The monoisotopic (exact) mass is 256 g/mol. The Morgan fingerprint density at radius 3 is 1.87 bits per heavy atom. The largest absolute Gasteiger partial charge is 1.00 e. The van der Waals surface area contributed by atoms with E-state index in [1.807, 2.05) is 0 Å². The van der Waals surface area contributed by atoms with Gasteiger partial charge in [-0.05, 0) is 12.1 Å². The fraction of sp³-hybridized carbons (Fsp3) is 0. The van der Waals surface area contributed by atoms with Gasteiger partial charge in [0.25, 0.3) is 0 Å². The van der Waals surface area contributed by atoms with Crippen molar-refractivity contribution in [2.45, 2.75) is 0 Å². The Bertz CT molecular complexity index is 380.